The summed E-state index contributed by atoms with van der Waals surface area (Å²) in [5, 5.41) is 2.68. The number of amides is 1. The molecule has 0 bridgehead atoms. The molecular formula is C13H16BrNO3. The Hall–Kier alpha value is -1.36. The van der Waals surface area contributed by atoms with Crippen molar-refractivity contribution in [1.82, 2.24) is 5.32 Å². The van der Waals surface area contributed by atoms with Gasteiger partial charge in [0.15, 0.2) is 0 Å². The zero-order valence-electron chi connectivity index (χ0n) is 10.4. The fourth-order valence-corrected chi connectivity index (χ4v) is 1.95. The van der Waals surface area contributed by atoms with Gasteiger partial charge in [-0.3, -0.25) is 4.79 Å². The van der Waals surface area contributed by atoms with Gasteiger partial charge in [0.2, 0.25) is 0 Å². The van der Waals surface area contributed by atoms with Crippen molar-refractivity contribution < 1.29 is 14.3 Å². The second-order valence-electron chi connectivity index (χ2n) is 3.85. The fourth-order valence-electron chi connectivity index (χ4n) is 1.55. The smallest absolute Gasteiger partial charge is 0.328 e. The van der Waals surface area contributed by atoms with Crippen LogP contribution in [0.1, 0.15) is 30.1 Å². The van der Waals surface area contributed by atoms with Crippen molar-refractivity contribution in [2.75, 3.05) is 7.11 Å². The minimum absolute atomic E-state index is 0.278. The van der Waals surface area contributed by atoms with E-state index in [1.54, 1.807) is 18.2 Å². The van der Waals surface area contributed by atoms with E-state index in [2.05, 4.69) is 26.0 Å². The Balaban J connectivity index is 2.75. The van der Waals surface area contributed by atoms with Gasteiger partial charge in [0.1, 0.15) is 6.04 Å². The molecule has 0 aliphatic rings. The molecule has 0 spiro atoms. The number of esters is 1. The van der Waals surface area contributed by atoms with Crippen molar-refractivity contribution in [3.05, 3.63) is 34.3 Å². The van der Waals surface area contributed by atoms with Crippen LogP contribution in [0, 0.1) is 0 Å². The molecule has 0 aliphatic carbocycles. The van der Waals surface area contributed by atoms with E-state index in [1.807, 2.05) is 13.0 Å². The molecule has 1 aromatic rings. The monoisotopic (exact) mass is 313 g/mol. The number of rotatable bonds is 5. The van der Waals surface area contributed by atoms with E-state index in [4.69, 9.17) is 0 Å². The molecule has 0 heterocycles. The second-order valence-corrected chi connectivity index (χ2v) is 4.76. The summed E-state index contributed by atoms with van der Waals surface area (Å²) in [5.74, 6) is -0.694. The first-order valence-corrected chi connectivity index (χ1v) is 6.52. The van der Waals surface area contributed by atoms with Gasteiger partial charge >= 0.3 is 5.97 Å². The molecule has 1 rings (SSSR count). The quantitative estimate of drug-likeness (QED) is 0.850. The van der Waals surface area contributed by atoms with Crippen LogP contribution >= 0.6 is 15.9 Å². The first-order valence-electron chi connectivity index (χ1n) is 5.72. The van der Waals surface area contributed by atoms with Crippen LogP contribution in [0.15, 0.2) is 28.7 Å². The largest absolute Gasteiger partial charge is 0.467 e. The van der Waals surface area contributed by atoms with Crippen LogP contribution in [0.2, 0.25) is 0 Å². The molecule has 0 aliphatic heterocycles. The summed E-state index contributed by atoms with van der Waals surface area (Å²) in [5.41, 5.74) is 0.509. The van der Waals surface area contributed by atoms with Gasteiger partial charge in [-0.25, -0.2) is 4.79 Å². The summed E-state index contributed by atoms with van der Waals surface area (Å²) >= 11 is 3.30. The maximum atomic E-state index is 12.0. The molecule has 0 saturated carbocycles. The third-order valence-electron chi connectivity index (χ3n) is 2.46. The van der Waals surface area contributed by atoms with Crippen molar-refractivity contribution in [1.29, 1.82) is 0 Å². The SMILES string of the molecule is CCCC(NC(=O)c1cccc(Br)c1)C(=O)OC. The molecule has 4 nitrogen and oxygen atoms in total. The number of hydrogen-bond acceptors (Lipinski definition) is 3. The highest BCUT2D eigenvalue weighted by atomic mass is 79.9. The molecule has 98 valence electrons. The van der Waals surface area contributed by atoms with Gasteiger partial charge in [-0.2, -0.15) is 0 Å². The van der Waals surface area contributed by atoms with Gasteiger partial charge in [0, 0.05) is 10.0 Å². The van der Waals surface area contributed by atoms with E-state index >= 15 is 0 Å². The number of hydrogen-bond donors (Lipinski definition) is 1. The molecule has 5 heteroatoms. The van der Waals surface area contributed by atoms with Gasteiger partial charge < -0.3 is 10.1 Å². The summed E-state index contributed by atoms with van der Waals surface area (Å²) in [6.45, 7) is 1.95. The lowest BCUT2D eigenvalue weighted by atomic mass is 10.1. The van der Waals surface area contributed by atoms with Gasteiger partial charge in [-0.15, -0.1) is 0 Å². The normalized spacial score (nSPS) is 11.7. The van der Waals surface area contributed by atoms with Crippen molar-refractivity contribution in [3.8, 4) is 0 Å². The Kier molecular flexibility index (Phi) is 5.85. The van der Waals surface area contributed by atoms with Gasteiger partial charge in [0.25, 0.3) is 5.91 Å². The number of halogens is 1. The number of benzene rings is 1. The molecule has 1 N–H and O–H groups in total. The lowest BCUT2D eigenvalue weighted by Crippen LogP contribution is -2.41. The van der Waals surface area contributed by atoms with Crippen molar-refractivity contribution in [2.45, 2.75) is 25.8 Å². The van der Waals surface area contributed by atoms with Crippen LogP contribution in [0.25, 0.3) is 0 Å². The van der Waals surface area contributed by atoms with E-state index in [0.717, 1.165) is 10.9 Å². The summed E-state index contributed by atoms with van der Waals surface area (Å²) < 4.78 is 5.48. The first kappa shape index (κ1) is 14.7. The van der Waals surface area contributed by atoms with Crippen molar-refractivity contribution >= 4 is 27.8 Å². The zero-order chi connectivity index (χ0) is 13.5. The highest BCUT2D eigenvalue weighted by Gasteiger charge is 2.20. The van der Waals surface area contributed by atoms with Gasteiger partial charge in [0.05, 0.1) is 7.11 Å². The predicted octanol–water partition coefficient (Wildman–Crippen LogP) is 2.52. The topological polar surface area (TPSA) is 55.4 Å². The van der Waals surface area contributed by atoms with Crippen LogP contribution < -0.4 is 5.32 Å². The number of carbonyl (C=O) groups excluding carboxylic acids is 2. The molecule has 1 amide bonds. The maximum absolute atomic E-state index is 12.0. The van der Waals surface area contributed by atoms with Crippen molar-refractivity contribution in [3.63, 3.8) is 0 Å². The van der Waals surface area contributed by atoms with E-state index in [-0.39, 0.29) is 5.91 Å². The van der Waals surface area contributed by atoms with E-state index in [1.165, 1.54) is 7.11 Å². The number of nitrogens with one attached hydrogen (secondary N) is 1. The van der Waals surface area contributed by atoms with Crippen LogP contribution in [0.3, 0.4) is 0 Å². The third kappa shape index (κ3) is 4.14. The predicted molar refractivity (Wildman–Crippen MR) is 72.3 cm³/mol. The van der Waals surface area contributed by atoms with E-state index in [9.17, 15) is 9.59 Å². The molecular weight excluding hydrogens is 298 g/mol. The molecule has 0 radical (unpaired) electrons. The lowest BCUT2D eigenvalue weighted by molar-refractivity contribution is -0.143. The summed E-state index contributed by atoms with van der Waals surface area (Å²) in [6.07, 6.45) is 1.35. The van der Waals surface area contributed by atoms with Crippen LogP contribution in [-0.2, 0) is 9.53 Å². The maximum Gasteiger partial charge on any atom is 0.328 e. The number of methoxy groups -OCH3 is 1. The Morgan fingerprint density at radius 2 is 2.17 bits per heavy atom. The Bertz CT molecular complexity index is 434. The molecule has 0 fully saturated rings. The number of carbonyl (C=O) groups is 2. The number of ether oxygens (including phenoxy) is 1. The molecule has 0 aromatic heterocycles. The van der Waals surface area contributed by atoms with Gasteiger partial charge in [-0.1, -0.05) is 35.3 Å². The van der Waals surface area contributed by atoms with Crippen molar-refractivity contribution in [2.24, 2.45) is 0 Å². The molecule has 1 aromatic carbocycles. The average molecular weight is 314 g/mol. The summed E-state index contributed by atoms with van der Waals surface area (Å²) in [7, 11) is 1.32. The fraction of sp³-hybridized carbons (Fsp3) is 0.385. The van der Waals surface area contributed by atoms with E-state index < -0.39 is 12.0 Å². The van der Waals surface area contributed by atoms with Crippen LogP contribution in [0.4, 0.5) is 0 Å². The minimum atomic E-state index is -0.591. The highest BCUT2D eigenvalue weighted by molar-refractivity contribution is 9.10. The molecule has 1 atom stereocenters. The molecule has 1 unspecified atom stereocenters. The average Bonchev–Trinajstić information content (AvgIpc) is 2.37. The second kappa shape index (κ2) is 7.16. The highest BCUT2D eigenvalue weighted by Crippen LogP contribution is 2.12. The zero-order valence-corrected chi connectivity index (χ0v) is 12.0. The Morgan fingerprint density at radius 1 is 1.44 bits per heavy atom. The molecule has 18 heavy (non-hydrogen) atoms. The lowest BCUT2D eigenvalue weighted by Gasteiger charge is -2.15. The third-order valence-corrected chi connectivity index (χ3v) is 2.95. The van der Waals surface area contributed by atoms with Crippen LogP contribution in [-0.4, -0.2) is 25.0 Å². The Labute approximate surface area is 115 Å². The standard InChI is InChI=1S/C13H16BrNO3/c1-3-5-11(13(17)18-2)15-12(16)9-6-4-7-10(14)8-9/h4,6-8,11H,3,5H2,1-2H3,(H,15,16). The van der Waals surface area contributed by atoms with Gasteiger partial charge in [-0.05, 0) is 24.6 Å². The molecule has 0 saturated heterocycles. The Morgan fingerprint density at radius 3 is 2.72 bits per heavy atom. The summed E-state index contributed by atoms with van der Waals surface area (Å²) in [4.78, 5) is 23.5. The summed E-state index contributed by atoms with van der Waals surface area (Å²) in [6, 6.07) is 6.41. The first-order chi connectivity index (χ1) is 8.58. The van der Waals surface area contributed by atoms with E-state index in [0.29, 0.717) is 12.0 Å². The van der Waals surface area contributed by atoms with Crippen LogP contribution in [0.5, 0.6) is 0 Å². The minimum Gasteiger partial charge on any atom is -0.467 e.